The van der Waals surface area contributed by atoms with E-state index in [9.17, 15) is 0 Å². The van der Waals surface area contributed by atoms with Crippen molar-refractivity contribution in [2.75, 3.05) is 0 Å². The molecule has 0 aliphatic carbocycles. The third-order valence-corrected chi connectivity index (χ3v) is 1.26. The molecule has 0 atom stereocenters. The zero-order valence-corrected chi connectivity index (χ0v) is 9.96. The van der Waals surface area contributed by atoms with Crippen LogP contribution in [0.4, 0.5) is 0 Å². The minimum absolute atomic E-state index is 0.106. The predicted octanol–water partition coefficient (Wildman–Crippen LogP) is 4.52. The maximum atomic E-state index is 4.81. The van der Waals surface area contributed by atoms with E-state index in [4.69, 9.17) is 19.1 Å². The molecule has 0 aromatic rings. The summed E-state index contributed by atoms with van der Waals surface area (Å²) in [7, 11) is 9.63. The van der Waals surface area contributed by atoms with Crippen molar-refractivity contribution >= 4 is 19.1 Å². The number of rotatable bonds is 5. The Bertz CT molecular complexity index is 67.1. The molecule has 0 spiro atoms. The monoisotopic (exact) mass is 288 g/mol. The molecule has 0 fully saturated rings. The Hall–Kier alpha value is 0.982. The molecule has 0 aromatic carbocycles. The van der Waals surface area contributed by atoms with Gasteiger partial charge in [0.15, 0.2) is 0 Å². The van der Waals surface area contributed by atoms with Crippen LogP contribution in [0.15, 0.2) is 12.7 Å². The molecule has 0 aliphatic heterocycles. The summed E-state index contributed by atoms with van der Waals surface area (Å²) < 4.78 is 0. The van der Waals surface area contributed by atoms with Crippen LogP contribution in [0.5, 0.6) is 0 Å². The summed E-state index contributed by atoms with van der Waals surface area (Å²) in [5, 5.41) is 0. The van der Waals surface area contributed by atoms with Gasteiger partial charge in [-0.3, -0.25) is 0 Å². The molecule has 0 rings (SSSR count). The first-order chi connectivity index (χ1) is 5.33. The molecule has 0 saturated heterocycles. The fourth-order valence-corrected chi connectivity index (χ4v) is 0.715. The Balaban J connectivity index is 0. The molecule has 0 aliphatic rings. The van der Waals surface area contributed by atoms with Gasteiger partial charge < -0.3 is 0 Å². The number of unbranched alkanes of at least 4 members (excludes halogenated alkanes) is 4. The molecule has 0 unspecified atom stereocenters. The van der Waals surface area contributed by atoms with Crippen molar-refractivity contribution in [3.8, 4) is 0 Å². The van der Waals surface area contributed by atoms with Crippen molar-refractivity contribution in [2.45, 2.75) is 39.0 Å². The first-order valence-corrected chi connectivity index (χ1v) is 7.77. The van der Waals surface area contributed by atoms with Gasteiger partial charge in [-0.15, -0.1) is 6.58 Å². The van der Waals surface area contributed by atoms with Crippen molar-refractivity contribution in [3.63, 3.8) is 0 Å². The molecule has 0 aromatic heterocycles. The first kappa shape index (κ1) is 14.5. The van der Waals surface area contributed by atoms with Crippen molar-refractivity contribution in [1.29, 1.82) is 0 Å². The Morgan fingerprint density at radius 1 is 1.27 bits per heavy atom. The molecule has 0 bridgehead atoms. The summed E-state index contributed by atoms with van der Waals surface area (Å²) in [6, 6.07) is 0. The fourth-order valence-electron chi connectivity index (χ4n) is 0.715. The van der Waals surface area contributed by atoms with Crippen LogP contribution in [-0.2, 0) is 15.9 Å². The van der Waals surface area contributed by atoms with Gasteiger partial charge in [0.2, 0.25) is 0 Å². The molecule has 0 amide bonds. The minimum atomic E-state index is -0.106. The van der Waals surface area contributed by atoms with Crippen LogP contribution in [0, 0.1) is 0 Å². The summed E-state index contributed by atoms with van der Waals surface area (Å²) in [4.78, 5) is 0. The standard InChI is InChI=1S/C8H16.2ClH.Pd/c1-3-5-7-8-6-4-2;;;/h3H,1,4-8H2,2H3;2*1H;/q;;;+2/p-2. The van der Waals surface area contributed by atoms with Crippen LogP contribution in [0.3, 0.4) is 0 Å². The van der Waals surface area contributed by atoms with Gasteiger partial charge in [-0.25, -0.2) is 0 Å². The molecule has 3 heteroatoms. The van der Waals surface area contributed by atoms with E-state index >= 15 is 0 Å². The van der Waals surface area contributed by atoms with E-state index in [1.54, 1.807) is 0 Å². The Morgan fingerprint density at radius 2 is 1.82 bits per heavy atom. The maximum absolute atomic E-state index is 4.81. The first-order valence-electron chi connectivity index (χ1n) is 3.76. The third-order valence-electron chi connectivity index (χ3n) is 1.26. The van der Waals surface area contributed by atoms with Gasteiger partial charge in [-0.05, 0) is 12.8 Å². The van der Waals surface area contributed by atoms with Crippen LogP contribution < -0.4 is 0 Å². The van der Waals surface area contributed by atoms with Crippen LogP contribution in [-0.4, -0.2) is 0 Å². The average Bonchev–Trinajstić information content (AvgIpc) is 2.00. The normalized spacial score (nSPS) is 8.64. The average molecular weight is 290 g/mol. The molecule has 0 radical (unpaired) electrons. The number of allylic oxidation sites excluding steroid dienone is 1. The van der Waals surface area contributed by atoms with Crippen LogP contribution in [0.1, 0.15) is 39.0 Å². The van der Waals surface area contributed by atoms with E-state index in [-0.39, 0.29) is 15.9 Å². The third kappa shape index (κ3) is 24.8. The molecular formula is C8H16Cl2Pd. The van der Waals surface area contributed by atoms with E-state index in [0.29, 0.717) is 0 Å². The molecule has 11 heavy (non-hydrogen) atoms. The van der Waals surface area contributed by atoms with Crippen molar-refractivity contribution < 1.29 is 15.9 Å². The summed E-state index contributed by atoms with van der Waals surface area (Å²) in [5.41, 5.74) is 0. The van der Waals surface area contributed by atoms with E-state index < -0.39 is 0 Å². The zero-order chi connectivity index (χ0) is 8.95. The molecular weight excluding hydrogens is 273 g/mol. The summed E-state index contributed by atoms with van der Waals surface area (Å²) in [6.45, 7) is 5.89. The Morgan fingerprint density at radius 3 is 2.18 bits per heavy atom. The summed E-state index contributed by atoms with van der Waals surface area (Å²) in [5.74, 6) is 0. The van der Waals surface area contributed by atoms with Gasteiger partial charge in [0.25, 0.3) is 0 Å². The summed E-state index contributed by atoms with van der Waals surface area (Å²) >= 11 is -0.106. The topological polar surface area (TPSA) is 0 Å². The van der Waals surface area contributed by atoms with Gasteiger partial charge in [0.05, 0.1) is 0 Å². The Labute approximate surface area is 86.5 Å². The van der Waals surface area contributed by atoms with E-state index in [1.807, 2.05) is 6.08 Å². The second kappa shape index (κ2) is 17.2. The SMILES string of the molecule is C=CCCCCCC.[Cl][Pd][Cl]. The van der Waals surface area contributed by atoms with Crippen molar-refractivity contribution in [1.82, 2.24) is 0 Å². The molecule has 0 heterocycles. The number of hydrogen-bond donors (Lipinski definition) is 0. The molecule has 72 valence electrons. The molecule has 0 saturated carbocycles. The van der Waals surface area contributed by atoms with Gasteiger partial charge in [0.1, 0.15) is 0 Å². The van der Waals surface area contributed by atoms with Crippen LogP contribution >= 0.6 is 19.1 Å². The van der Waals surface area contributed by atoms with Crippen molar-refractivity contribution in [2.24, 2.45) is 0 Å². The van der Waals surface area contributed by atoms with Crippen molar-refractivity contribution in [3.05, 3.63) is 12.7 Å². The predicted molar refractivity (Wildman–Crippen MR) is 50.7 cm³/mol. The van der Waals surface area contributed by atoms with Gasteiger partial charge in [0, 0.05) is 0 Å². The van der Waals surface area contributed by atoms with Crippen LogP contribution in [0.25, 0.3) is 0 Å². The Kier molecular flexibility index (Phi) is 22.6. The number of halogens is 2. The number of hydrogen-bond acceptors (Lipinski definition) is 0. The van der Waals surface area contributed by atoms with Gasteiger partial charge in [-0.1, -0.05) is 32.3 Å². The van der Waals surface area contributed by atoms with Gasteiger partial charge in [-0.2, -0.15) is 0 Å². The summed E-state index contributed by atoms with van der Waals surface area (Å²) in [6.07, 6.45) is 8.61. The van der Waals surface area contributed by atoms with Crippen LogP contribution in [0.2, 0.25) is 0 Å². The zero-order valence-electron chi connectivity index (χ0n) is 6.89. The quantitative estimate of drug-likeness (QED) is 0.396. The molecule has 0 nitrogen and oxygen atoms in total. The fraction of sp³-hybridized carbons (Fsp3) is 0.750. The van der Waals surface area contributed by atoms with Gasteiger partial charge >= 0.3 is 35.0 Å². The second-order valence-corrected chi connectivity index (χ2v) is 4.54. The van der Waals surface area contributed by atoms with E-state index in [2.05, 4.69) is 13.5 Å². The van der Waals surface area contributed by atoms with E-state index in [1.165, 1.54) is 32.1 Å². The van der Waals surface area contributed by atoms with E-state index in [0.717, 1.165) is 0 Å². The second-order valence-electron chi connectivity index (χ2n) is 2.18. The molecule has 0 N–H and O–H groups in total.